The van der Waals surface area contributed by atoms with Crippen molar-refractivity contribution in [3.8, 4) is 5.75 Å². The number of amides is 2. The first-order valence-corrected chi connectivity index (χ1v) is 17.0. The van der Waals surface area contributed by atoms with Gasteiger partial charge in [-0.25, -0.2) is 0 Å². The molecule has 2 amide bonds. The minimum Gasteiger partial charge on any atom is -0.497 e. The minimum atomic E-state index is -2.40. The fraction of sp³-hybridized carbons (Fsp3) is 0.161. The molecule has 0 N–H and O–H groups in total. The number of rotatable bonds is 5. The second-order valence-corrected chi connectivity index (χ2v) is 16.9. The van der Waals surface area contributed by atoms with Crippen LogP contribution in [0.5, 0.6) is 5.75 Å². The number of hydrogen-bond acceptors (Lipinski definition) is 5. The van der Waals surface area contributed by atoms with Crippen molar-refractivity contribution in [2.75, 3.05) is 13.7 Å². The molecule has 7 rings (SSSR count). The third kappa shape index (κ3) is 3.08. The average molecular weight is 554 g/mol. The largest absolute Gasteiger partial charge is 0.497 e. The number of unbranched alkanes of at least 4 members (excludes halogenated alkanes) is 1. The smallest absolute Gasteiger partial charge is 0.262 e. The monoisotopic (exact) mass is 553 g/mol. The third-order valence-corrected chi connectivity index (χ3v) is 14.9. The van der Waals surface area contributed by atoms with E-state index >= 15 is 0 Å². The zero-order valence-corrected chi connectivity index (χ0v) is 23.5. The number of carbonyl (C=O) groups is 2. The fourth-order valence-electron chi connectivity index (χ4n) is 5.92. The van der Waals surface area contributed by atoms with Gasteiger partial charge in [-0.05, 0) is 57.5 Å². The molecule has 2 heterocycles. The molecule has 4 nitrogen and oxygen atoms in total. The van der Waals surface area contributed by atoms with Crippen molar-refractivity contribution >= 4 is 83.2 Å². The van der Waals surface area contributed by atoms with Crippen molar-refractivity contribution in [2.45, 2.75) is 24.7 Å². The van der Waals surface area contributed by atoms with E-state index in [1.807, 2.05) is 48.5 Å². The van der Waals surface area contributed by atoms with Crippen LogP contribution in [-0.4, -0.2) is 30.4 Å². The van der Waals surface area contributed by atoms with Crippen LogP contribution in [0.4, 0.5) is 0 Å². The maximum atomic E-state index is 14.1. The quantitative estimate of drug-likeness (QED) is 0.133. The summed E-state index contributed by atoms with van der Waals surface area (Å²) in [5.74, 6) is 0.386. The number of methoxy groups -OCH3 is 1. The molecule has 0 saturated carbocycles. The molecule has 7 heteroatoms. The Morgan fingerprint density at radius 3 is 2.00 bits per heavy atom. The van der Waals surface area contributed by atoms with E-state index in [1.165, 1.54) is 4.90 Å². The molecule has 0 aliphatic carbocycles. The number of benzene rings is 5. The summed E-state index contributed by atoms with van der Waals surface area (Å²) < 4.78 is 5.42. The highest BCUT2D eigenvalue weighted by molar-refractivity contribution is 8.76. The van der Waals surface area contributed by atoms with Gasteiger partial charge < -0.3 is 4.74 Å². The van der Waals surface area contributed by atoms with E-state index in [2.05, 4.69) is 31.2 Å². The first-order valence-electron chi connectivity index (χ1n) is 12.7. The van der Waals surface area contributed by atoms with Gasteiger partial charge in [0, 0.05) is 27.5 Å². The van der Waals surface area contributed by atoms with Gasteiger partial charge in [0.25, 0.3) is 11.8 Å². The van der Waals surface area contributed by atoms with Crippen LogP contribution in [0.3, 0.4) is 0 Å². The van der Waals surface area contributed by atoms with Crippen molar-refractivity contribution in [1.82, 2.24) is 4.90 Å². The van der Waals surface area contributed by atoms with Crippen LogP contribution >= 0.6 is 16.6 Å². The summed E-state index contributed by atoms with van der Waals surface area (Å²) in [6.45, 7) is 2.49. The molecule has 0 aromatic heterocycles. The lowest BCUT2D eigenvalue weighted by molar-refractivity contribution is 0.0611. The molecule has 1 atom stereocenters. The Labute approximate surface area is 229 Å². The Morgan fingerprint density at radius 2 is 1.39 bits per heavy atom. The SMILES string of the molecule is CCCCN1C(=O)c2c3ccccc3c3c4c(c5ccccc5c(c24)C1=O)P(=S)(c1ccc(OC)cc1)S3. The van der Waals surface area contributed by atoms with Gasteiger partial charge in [0.1, 0.15) is 5.75 Å². The van der Waals surface area contributed by atoms with Gasteiger partial charge in [-0.2, -0.15) is 0 Å². The summed E-state index contributed by atoms with van der Waals surface area (Å²) in [7, 11) is 1.66. The predicted molar refractivity (Wildman–Crippen MR) is 162 cm³/mol. The average Bonchev–Trinajstić information content (AvgIpc) is 3.28. The van der Waals surface area contributed by atoms with E-state index in [9.17, 15) is 9.59 Å². The van der Waals surface area contributed by atoms with Crippen LogP contribution in [-0.2, 0) is 11.8 Å². The van der Waals surface area contributed by atoms with E-state index in [-0.39, 0.29) is 11.8 Å². The molecule has 0 saturated heterocycles. The van der Waals surface area contributed by atoms with Gasteiger partial charge in [-0.3, -0.25) is 14.5 Å². The Bertz CT molecular complexity index is 1880. The van der Waals surface area contributed by atoms with Crippen molar-refractivity contribution in [3.63, 3.8) is 0 Å². The maximum Gasteiger partial charge on any atom is 0.262 e. The predicted octanol–water partition coefficient (Wildman–Crippen LogP) is 7.00. The molecular weight excluding hydrogens is 529 g/mol. The Morgan fingerprint density at radius 1 is 0.816 bits per heavy atom. The highest BCUT2D eigenvalue weighted by atomic mass is 32.9. The fourth-order valence-corrected chi connectivity index (χ4v) is 13.3. The summed E-state index contributed by atoms with van der Waals surface area (Å²) in [6.07, 6.45) is 1.68. The number of ether oxygens (including phenoxy) is 1. The number of imide groups is 1. The molecule has 38 heavy (non-hydrogen) atoms. The lowest BCUT2D eigenvalue weighted by atomic mass is 9.86. The number of hydrogen-bond donors (Lipinski definition) is 0. The van der Waals surface area contributed by atoms with Crippen molar-refractivity contribution in [1.29, 1.82) is 0 Å². The summed E-state index contributed by atoms with van der Waals surface area (Å²) >= 11 is 8.40. The van der Waals surface area contributed by atoms with Gasteiger partial charge in [0.05, 0.1) is 23.5 Å². The summed E-state index contributed by atoms with van der Waals surface area (Å²) in [4.78, 5) is 30.7. The van der Waals surface area contributed by atoms with E-state index in [0.29, 0.717) is 17.7 Å². The molecule has 2 aliphatic rings. The van der Waals surface area contributed by atoms with Gasteiger partial charge in [0.15, 0.2) is 0 Å². The molecule has 1 unspecified atom stereocenters. The maximum absolute atomic E-state index is 14.1. The normalized spacial score (nSPS) is 18.2. The molecule has 5 aromatic carbocycles. The molecule has 0 bridgehead atoms. The summed E-state index contributed by atoms with van der Waals surface area (Å²) in [5, 5.41) is 5.36. The first-order chi connectivity index (χ1) is 18.5. The Balaban J connectivity index is 1.68. The molecule has 0 spiro atoms. The summed E-state index contributed by atoms with van der Waals surface area (Å²) in [5.41, 5.74) is 1.27. The van der Waals surface area contributed by atoms with Gasteiger partial charge in [-0.15, -0.1) is 0 Å². The van der Waals surface area contributed by atoms with Crippen LogP contribution in [0, 0.1) is 0 Å². The first kappa shape index (κ1) is 23.9. The van der Waals surface area contributed by atoms with E-state index in [0.717, 1.165) is 66.4 Å². The highest BCUT2D eigenvalue weighted by Crippen LogP contribution is 2.69. The van der Waals surface area contributed by atoms with Crippen molar-refractivity contribution in [3.05, 3.63) is 83.9 Å². The van der Waals surface area contributed by atoms with Crippen LogP contribution in [0.1, 0.15) is 40.5 Å². The molecular formula is C31H24NO3PS2. The van der Waals surface area contributed by atoms with Gasteiger partial charge >= 0.3 is 0 Å². The minimum absolute atomic E-state index is 0.199. The molecule has 188 valence electrons. The molecule has 2 aliphatic heterocycles. The molecule has 5 aromatic rings. The van der Waals surface area contributed by atoms with E-state index < -0.39 is 5.24 Å². The van der Waals surface area contributed by atoms with Gasteiger partial charge in [0.2, 0.25) is 0 Å². The van der Waals surface area contributed by atoms with Crippen molar-refractivity contribution in [2.24, 2.45) is 0 Å². The van der Waals surface area contributed by atoms with Crippen LogP contribution < -0.4 is 15.3 Å². The Hall–Kier alpha value is -3.18. The van der Waals surface area contributed by atoms with E-state index in [1.54, 1.807) is 18.5 Å². The zero-order valence-electron chi connectivity index (χ0n) is 21.0. The molecule has 0 radical (unpaired) electrons. The standard InChI is InChI=1S/C31H24NO3PS2/c1-3-4-17-32-30(33)24-20-9-5-7-11-22(20)28-27-26(24)25(31(32)34)21-10-6-8-12-23(21)29(27)38-36(28,37)19-15-13-18(35-2)14-16-19/h5-16H,3-4,17H2,1-2H3. The number of nitrogens with zero attached hydrogens (tertiary/aromatic N) is 1. The van der Waals surface area contributed by atoms with Crippen LogP contribution in [0.2, 0.25) is 0 Å². The lowest BCUT2D eigenvalue weighted by Gasteiger charge is -2.30. The second-order valence-electron chi connectivity index (χ2n) is 9.73. The van der Waals surface area contributed by atoms with Crippen molar-refractivity contribution < 1.29 is 14.3 Å². The number of fused-ring (bicyclic) bond motifs is 6. The van der Waals surface area contributed by atoms with Crippen LogP contribution in [0.25, 0.3) is 32.3 Å². The van der Waals surface area contributed by atoms with Gasteiger partial charge in [-0.1, -0.05) is 85.1 Å². The summed E-state index contributed by atoms with van der Waals surface area (Å²) in [6, 6.07) is 24.3. The molecule has 0 fully saturated rings. The Kier molecular flexibility index (Phi) is 5.45. The second kappa shape index (κ2) is 8.67. The van der Waals surface area contributed by atoms with E-state index in [4.69, 9.17) is 16.5 Å². The lowest BCUT2D eigenvalue weighted by Crippen LogP contribution is -2.41. The number of carbonyl (C=O) groups excluding carboxylic acids is 2. The topological polar surface area (TPSA) is 46.6 Å². The zero-order chi connectivity index (χ0) is 26.2. The highest BCUT2D eigenvalue weighted by Gasteiger charge is 2.43. The third-order valence-electron chi connectivity index (χ3n) is 7.69. The van der Waals surface area contributed by atoms with Crippen LogP contribution in [0.15, 0.2) is 77.7 Å².